The van der Waals surface area contributed by atoms with Crippen molar-refractivity contribution in [3.05, 3.63) is 34.1 Å². The van der Waals surface area contributed by atoms with Crippen LogP contribution in [0.2, 0.25) is 5.02 Å². The number of nitrogens with one attached hydrogen (secondary N) is 1. The number of ether oxygens (including phenoxy) is 2. The van der Waals surface area contributed by atoms with Gasteiger partial charge in [0.2, 0.25) is 10.0 Å². The highest BCUT2D eigenvalue weighted by atomic mass is 35.5. The molecule has 0 saturated heterocycles. The first-order valence-corrected chi connectivity index (χ1v) is 10.3. The number of sulfonamides is 1. The number of hydrogen-bond acceptors (Lipinski definition) is 5. The van der Waals surface area contributed by atoms with Crippen molar-refractivity contribution in [2.24, 2.45) is 0 Å². The number of aromatic nitrogens is 2. The van der Waals surface area contributed by atoms with Gasteiger partial charge in [0.15, 0.2) is 11.5 Å². The topological polar surface area (TPSA) is 82.5 Å². The van der Waals surface area contributed by atoms with Gasteiger partial charge in [0.05, 0.1) is 10.7 Å². The second-order valence-corrected chi connectivity index (χ2v) is 8.26. The van der Waals surface area contributed by atoms with Crippen LogP contribution in [-0.4, -0.2) is 31.4 Å². The molecule has 0 bridgehead atoms. The first-order chi connectivity index (χ1) is 12.2. The smallest absolute Gasteiger partial charge is 0.242 e. The van der Waals surface area contributed by atoms with Gasteiger partial charge < -0.3 is 9.47 Å². The maximum atomic E-state index is 12.9. The lowest BCUT2D eigenvalue weighted by Crippen LogP contribution is -2.28. The van der Waals surface area contributed by atoms with Crippen LogP contribution >= 0.6 is 11.6 Å². The number of benzene rings is 1. The van der Waals surface area contributed by atoms with Crippen molar-refractivity contribution in [2.75, 3.05) is 13.2 Å². The monoisotopic (exact) mass is 399 g/mol. The van der Waals surface area contributed by atoms with Crippen LogP contribution in [0.25, 0.3) is 0 Å². The Labute approximate surface area is 158 Å². The Morgan fingerprint density at radius 1 is 1.27 bits per heavy atom. The zero-order chi connectivity index (χ0) is 19.1. The van der Waals surface area contributed by atoms with Gasteiger partial charge in [-0.15, -0.1) is 0 Å². The third kappa shape index (κ3) is 3.41. The minimum atomic E-state index is -3.86. The lowest BCUT2D eigenvalue weighted by atomic mass is 10.1. The molecule has 1 N–H and O–H groups in total. The van der Waals surface area contributed by atoms with Gasteiger partial charge in [-0.05, 0) is 27.7 Å². The molecule has 26 heavy (non-hydrogen) atoms. The number of hydrogen-bond donors (Lipinski definition) is 1. The molecule has 3 rings (SSSR count). The summed E-state index contributed by atoms with van der Waals surface area (Å²) in [4.78, 5) is -0.0338. The number of nitrogens with zero attached hydrogens (tertiary/aromatic N) is 2. The van der Waals surface area contributed by atoms with E-state index < -0.39 is 16.1 Å². The number of halogens is 1. The van der Waals surface area contributed by atoms with Gasteiger partial charge in [0.1, 0.15) is 18.1 Å². The van der Waals surface area contributed by atoms with E-state index in [1.165, 1.54) is 12.1 Å². The molecule has 0 amide bonds. The fraction of sp³-hybridized carbons (Fsp3) is 0.471. The summed E-state index contributed by atoms with van der Waals surface area (Å²) in [6.07, 6.45) is 0. The molecule has 1 atom stereocenters. The summed E-state index contributed by atoms with van der Waals surface area (Å²) in [5.41, 5.74) is 2.60. The van der Waals surface area contributed by atoms with Crippen molar-refractivity contribution in [2.45, 2.75) is 45.2 Å². The van der Waals surface area contributed by atoms with Crippen LogP contribution in [0, 0.1) is 13.8 Å². The van der Waals surface area contributed by atoms with Gasteiger partial charge >= 0.3 is 0 Å². The highest BCUT2D eigenvalue weighted by molar-refractivity contribution is 7.89. The molecule has 0 saturated carbocycles. The van der Waals surface area contributed by atoms with Crippen LogP contribution in [0.5, 0.6) is 11.5 Å². The number of rotatable bonds is 5. The number of fused-ring (bicyclic) bond motifs is 1. The van der Waals surface area contributed by atoms with Gasteiger partial charge in [-0.25, -0.2) is 13.1 Å². The third-order valence-corrected chi connectivity index (χ3v) is 6.39. The molecule has 1 aliphatic heterocycles. The molecule has 0 fully saturated rings. The summed E-state index contributed by atoms with van der Waals surface area (Å²) in [5.74, 6) is 0.823. The molecule has 0 aliphatic carbocycles. The van der Waals surface area contributed by atoms with Crippen LogP contribution in [-0.2, 0) is 16.6 Å². The normalized spacial score (nSPS) is 15.1. The minimum Gasteiger partial charge on any atom is -0.486 e. The van der Waals surface area contributed by atoms with E-state index in [1.807, 2.05) is 25.5 Å². The average Bonchev–Trinajstić information content (AvgIpc) is 2.87. The van der Waals surface area contributed by atoms with Gasteiger partial charge in [-0.3, -0.25) is 4.68 Å². The van der Waals surface area contributed by atoms with E-state index in [0.29, 0.717) is 24.7 Å². The van der Waals surface area contributed by atoms with Gasteiger partial charge in [0, 0.05) is 36.0 Å². The lowest BCUT2D eigenvalue weighted by molar-refractivity contribution is 0.171. The molecule has 2 heterocycles. The Bertz CT molecular complexity index is 940. The molecule has 0 radical (unpaired) electrons. The first kappa shape index (κ1) is 19.0. The Morgan fingerprint density at radius 2 is 1.88 bits per heavy atom. The molecular formula is C17H22ClN3O4S. The second-order valence-electron chi connectivity index (χ2n) is 6.17. The van der Waals surface area contributed by atoms with Crippen molar-refractivity contribution in [3.8, 4) is 11.5 Å². The van der Waals surface area contributed by atoms with Crippen LogP contribution < -0.4 is 14.2 Å². The largest absolute Gasteiger partial charge is 0.486 e. The van der Waals surface area contributed by atoms with E-state index in [0.717, 1.165) is 23.5 Å². The van der Waals surface area contributed by atoms with Crippen molar-refractivity contribution in [1.82, 2.24) is 14.5 Å². The average molecular weight is 400 g/mol. The summed E-state index contributed by atoms with van der Waals surface area (Å²) in [5, 5.41) is 4.54. The van der Waals surface area contributed by atoms with E-state index in [-0.39, 0.29) is 9.92 Å². The van der Waals surface area contributed by atoms with Crippen LogP contribution in [0.15, 0.2) is 17.0 Å². The van der Waals surface area contributed by atoms with E-state index in [1.54, 1.807) is 6.92 Å². The van der Waals surface area contributed by atoms with Gasteiger partial charge in [-0.2, -0.15) is 5.10 Å². The SMILES string of the molecule is CCn1nc(C)c([C@H](C)NS(=O)(=O)c2cc3c(cc2Cl)OCCO3)c1C. The summed E-state index contributed by atoms with van der Waals surface area (Å²) >= 11 is 6.19. The Balaban J connectivity index is 1.93. The van der Waals surface area contributed by atoms with E-state index in [9.17, 15) is 8.42 Å². The maximum absolute atomic E-state index is 12.9. The van der Waals surface area contributed by atoms with E-state index in [4.69, 9.17) is 21.1 Å². The minimum absolute atomic E-state index is 0.0338. The van der Waals surface area contributed by atoms with Crippen LogP contribution in [0.4, 0.5) is 0 Å². The molecule has 9 heteroatoms. The highest BCUT2D eigenvalue weighted by Gasteiger charge is 2.27. The van der Waals surface area contributed by atoms with Crippen molar-refractivity contribution < 1.29 is 17.9 Å². The standard InChI is InChI=1S/C17H22ClN3O4S/c1-5-21-12(4)17(10(2)19-21)11(3)20-26(22,23)16-9-15-14(8-13(16)18)24-6-7-25-15/h8-9,11,20H,5-7H2,1-4H3/t11-/m0/s1. The molecule has 0 unspecified atom stereocenters. The highest BCUT2D eigenvalue weighted by Crippen LogP contribution is 2.37. The molecule has 0 spiro atoms. The Morgan fingerprint density at radius 3 is 2.46 bits per heavy atom. The van der Waals surface area contributed by atoms with E-state index >= 15 is 0 Å². The quantitative estimate of drug-likeness (QED) is 0.835. The zero-order valence-electron chi connectivity index (χ0n) is 15.2. The molecular weight excluding hydrogens is 378 g/mol. The van der Waals surface area contributed by atoms with Gasteiger partial charge in [-0.1, -0.05) is 11.6 Å². The molecule has 7 nitrogen and oxygen atoms in total. The summed E-state index contributed by atoms with van der Waals surface area (Å²) in [7, 11) is -3.86. The second kappa shape index (κ2) is 7.09. The van der Waals surface area contributed by atoms with Crippen molar-refractivity contribution >= 4 is 21.6 Å². The predicted octanol–water partition coefficient (Wildman–Crippen LogP) is 2.98. The molecule has 1 aromatic carbocycles. The summed E-state index contributed by atoms with van der Waals surface area (Å²) < 4.78 is 41.3. The molecule has 1 aromatic heterocycles. The van der Waals surface area contributed by atoms with Crippen molar-refractivity contribution in [1.29, 1.82) is 0 Å². The maximum Gasteiger partial charge on any atom is 0.242 e. The van der Waals surface area contributed by atoms with Gasteiger partial charge in [0.25, 0.3) is 0 Å². The van der Waals surface area contributed by atoms with Crippen LogP contribution in [0.1, 0.15) is 36.8 Å². The fourth-order valence-corrected chi connectivity index (χ4v) is 5.00. The third-order valence-electron chi connectivity index (χ3n) is 4.39. The van der Waals surface area contributed by atoms with E-state index in [2.05, 4.69) is 9.82 Å². The zero-order valence-corrected chi connectivity index (χ0v) is 16.7. The molecule has 2 aromatic rings. The lowest BCUT2D eigenvalue weighted by Gasteiger charge is -2.21. The predicted molar refractivity (Wildman–Crippen MR) is 98.6 cm³/mol. The Hall–Kier alpha value is -1.77. The van der Waals surface area contributed by atoms with Crippen molar-refractivity contribution in [3.63, 3.8) is 0 Å². The Kier molecular flexibility index (Phi) is 5.18. The first-order valence-electron chi connectivity index (χ1n) is 8.40. The molecule has 142 valence electrons. The number of aryl methyl sites for hydroxylation is 2. The van der Waals surface area contributed by atoms with Crippen LogP contribution in [0.3, 0.4) is 0 Å². The fourth-order valence-electron chi connectivity index (χ4n) is 3.25. The molecule has 1 aliphatic rings. The summed E-state index contributed by atoms with van der Waals surface area (Å²) in [6, 6.07) is 2.42. The summed E-state index contributed by atoms with van der Waals surface area (Å²) in [6.45, 7) is 9.09.